The normalized spacial score (nSPS) is 19.6. The topological polar surface area (TPSA) is 241 Å². The molecule has 0 bridgehead atoms. The number of Topliss-reactive ketones (excluding diaryl/α,β-unsaturated/α-hetero) is 2. The number of H-pyrrole nitrogens is 3. The Balaban J connectivity index is 1.93. The minimum Gasteiger partial charge on any atom is -0.370 e. The van der Waals surface area contributed by atoms with E-state index < -0.39 is 28.3 Å². The zero-order valence-corrected chi connectivity index (χ0v) is 19.1. The molecule has 0 fully saturated rings. The van der Waals surface area contributed by atoms with Gasteiger partial charge in [0.15, 0.2) is 29.0 Å². The lowest BCUT2D eigenvalue weighted by Gasteiger charge is -2.40. The fourth-order valence-corrected chi connectivity index (χ4v) is 4.58. The third-order valence-corrected chi connectivity index (χ3v) is 6.26. The largest absolute Gasteiger partial charge is 0.370 e. The van der Waals surface area contributed by atoms with E-state index in [0.717, 1.165) is 19.3 Å². The molecule has 16 nitrogen and oxygen atoms in total. The second kappa shape index (κ2) is 9.94. The number of amides is 1. The number of unbranched alkanes of at least 4 members (excludes halogenated alkanes) is 3. The standard InChI is InChI=1S/C19H25N13O3/c1-2-3-4-5-7-11-10-18(9-6-8-12(20)33,15-21-27-28-22-15)14(35)19(13(11)34,16-23-29-30-24-16)17-25-31-32-26-17/h10H,2-9H2,1H3,(H2,20,33)(H,21,22,27,28)(H,23,24,29,30)(H,25,26,31,32). The highest BCUT2D eigenvalue weighted by atomic mass is 16.2. The van der Waals surface area contributed by atoms with Gasteiger partial charge in [-0.15, -0.1) is 15.3 Å². The third-order valence-electron chi connectivity index (χ3n) is 6.26. The number of hydrogen-bond donors (Lipinski definition) is 4. The summed E-state index contributed by atoms with van der Waals surface area (Å²) in [6, 6.07) is 0. The van der Waals surface area contributed by atoms with Crippen LogP contribution in [-0.4, -0.2) is 79.3 Å². The summed E-state index contributed by atoms with van der Waals surface area (Å²) in [6.45, 7) is 2.09. The van der Waals surface area contributed by atoms with Crippen LogP contribution in [0.2, 0.25) is 0 Å². The summed E-state index contributed by atoms with van der Waals surface area (Å²) in [4.78, 5) is 40.1. The van der Waals surface area contributed by atoms with E-state index in [1.165, 1.54) is 0 Å². The molecule has 1 aliphatic rings. The maximum Gasteiger partial charge on any atom is 0.217 e. The average molecular weight is 483 g/mol. The van der Waals surface area contributed by atoms with Gasteiger partial charge in [0.1, 0.15) is 5.41 Å². The monoisotopic (exact) mass is 483 g/mol. The molecule has 1 unspecified atom stereocenters. The summed E-state index contributed by atoms with van der Waals surface area (Å²) in [5.41, 5.74) is 2.07. The maximum absolute atomic E-state index is 14.5. The molecule has 1 amide bonds. The van der Waals surface area contributed by atoms with E-state index in [1.807, 2.05) is 0 Å². The highest BCUT2D eigenvalue weighted by molar-refractivity contribution is 6.26. The molecule has 16 heteroatoms. The molecule has 3 aromatic heterocycles. The number of primary amides is 1. The van der Waals surface area contributed by atoms with Gasteiger partial charge in [-0.1, -0.05) is 32.3 Å². The highest BCUT2D eigenvalue weighted by Gasteiger charge is 2.65. The second-order valence-electron chi connectivity index (χ2n) is 8.43. The summed E-state index contributed by atoms with van der Waals surface area (Å²) >= 11 is 0. The molecule has 5 N–H and O–H groups in total. The van der Waals surface area contributed by atoms with Crippen LogP contribution in [0.15, 0.2) is 11.6 Å². The van der Waals surface area contributed by atoms with Gasteiger partial charge in [-0.2, -0.15) is 0 Å². The Morgan fingerprint density at radius 3 is 2.00 bits per heavy atom. The number of nitrogens with zero attached hydrogens (tertiary/aromatic N) is 9. The van der Waals surface area contributed by atoms with E-state index in [-0.39, 0.29) is 36.7 Å². The fourth-order valence-electron chi connectivity index (χ4n) is 4.58. The molecule has 0 saturated carbocycles. The maximum atomic E-state index is 14.5. The van der Waals surface area contributed by atoms with E-state index in [2.05, 4.69) is 68.8 Å². The molecule has 0 radical (unpaired) electrons. The van der Waals surface area contributed by atoms with Crippen molar-refractivity contribution in [2.75, 3.05) is 0 Å². The zero-order chi connectivity index (χ0) is 24.9. The van der Waals surface area contributed by atoms with Gasteiger partial charge < -0.3 is 5.73 Å². The number of nitrogens with one attached hydrogen (secondary N) is 3. The van der Waals surface area contributed by atoms with E-state index in [0.29, 0.717) is 18.4 Å². The van der Waals surface area contributed by atoms with E-state index in [1.54, 1.807) is 6.08 Å². The van der Waals surface area contributed by atoms with Crippen molar-refractivity contribution in [1.29, 1.82) is 0 Å². The number of hydrogen-bond acceptors (Lipinski definition) is 12. The molecular formula is C19H25N13O3. The van der Waals surface area contributed by atoms with Crippen LogP contribution in [0.4, 0.5) is 0 Å². The van der Waals surface area contributed by atoms with Crippen LogP contribution in [0.1, 0.15) is 75.8 Å². The quantitative estimate of drug-likeness (QED) is 0.182. The molecule has 0 aliphatic heterocycles. The first kappa shape index (κ1) is 23.9. The minimum absolute atomic E-state index is 0.0188. The summed E-state index contributed by atoms with van der Waals surface area (Å²) < 4.78 is 0. The second-order valence-corrected chi connectivity index (χ2v) is 8.43. The van der Waals surface area contributed by atoms with E-state index in [9.17, 15) is 14.4 Å². The van der Waals surface area contributed by atoms with E-state index >= 15 is 0 Å². The lowest BCUT2D eigenvalue weighted by Crippen LogP contribution is -2.59. The Morgan fingerprint density at radius 1 is 0.886 bits per heavy atom. The number of ketones is 2. The summed E-state index contributed by atoms with van der Waals surface area (Å²) in [5, 5.41) is 41.3. The first-order chi connectivity index (χ1) is 17.0. The summed E-state index contributed by atoms with van der Waals surface area (Å²) in [5.74, 6) is -1.91. The van der Waals surface area contributed by atoms with Crippen molar-refractivity contribution in [3.05, 3.63) is 29.1 Å². The zero-order valence-electron chi connectivity index (χ0n) is 19.1. The molecule has 35 heavy (non-hydrogen) atoms. The molecule has 4 rings (SSSR count). The van der Waals surface area contributed by atoms with Crippen LogP contribution in [0, 0.1) is 0 Å². The SMILES string of the molecule is CCCCCCC1=CC(CCCC(N)=O)(c2nnn[nH]2)C(=O)C(c2nnn[nH]2)(c2nnn[nH]2)C1=O. The minimum atomic E-state index is -2.11. The van der Waals surface area contributed by atoms with Crippen LogP contribution in [0.3, 0.4) is 0 Å². The lowest BCUT2D eigenvalue weighted by molar-refractivity contribution is -0.137. The molecule has 184 valence electrons. The van der Waals surface area contributed by atoms with Gasteiger partial charge in [0.05, 0.1) is 0 Å². The predicted molar refractivity (Wildman–Crippen MR) is 115 cm³/mol. The van der Waals surface area contributed by atoms with Gasteiger partial charge in [-0.05, 0) is 62.5 Å². The number of rotatable bonds is 12. The van der Waals surface area contributed by atoms with Crippen LogP contribution in [-0.2, 0) is 25.2 Å². The van der Waals surface area contributed by atoms with Gasteiger partial charge in [0.25, 0.3) is 0 Å². The van der Waals surface area contributed by atoms with Crippen molar-refractivity contribution in [2.45, 2.75) is 69.1 Å². The van der Waals surface area contributed by atoms with Crippen molar-refractivity contribution in [3.63, 3.8) is 0 Å². The molecule has 1 aliphatic carbocycles. The Labute approximate surface area is 198 Å². The molecular weight excluding hydrogens is 458 g/mol. The van der Waals surface area contributed by atoms with Gasteiger partial charge in [-0.3, -0.25) is 14.4 Å². The number of allylic oxidation sites excluding steroid dienone is 2. The number of carbonyl (C=O) groups is 3. The number of aromatic amines is 3. The van der Waals surface area contributed by atoms with Crippen LogP contribution in [0.25, 0.3) is 0 Å². The highest BCUT2D eigenvalue weighted by Crippen LogP contribution is 2.47. The molecule has 0 spiro atoms. The fraction of sp³-hybridized carbons (Fsp3) is 0.579. The predicted octanol–water partition coefficient (Wildman–Crippen LogP) is -0.846. The van der Waals surface area contributed by atoms with Crippen LogP contribution >= 0.6 is 0 Å². The molecule has 3 aromatic rings. The number of tetrazole rings is 3. The molecule has 0 aromatic carbocycles. The van der Waals surface area contributed by atoms with Crippen molar-refractivity contribution >= 4 is 17.5 Å². The molecule has 0 saturated heterocycles. The number of carbonyl (C=O) groups excluding carboxylic acids is 3. The van der Waals surface area contributed by atoms with Gasteiger partial charge in [0.2, 0.25) is 11.3 Å². The van der Waals surface area contributed by atoms with Gasteiger partial charge >= 0.3 is 0 Å². The van der Waals surface area contributed by atoms with Gasteiger partial charge in [-0.25, -0.2) is 15.3 Å². The number of aromatic nitrogens is 12. The Hall–Kier alpha value is -4.24. The lowest BCUT2D eigenvalue weighted by atomic mass is 9.58. The third kappa shape index (κ3) is 4.10. The van der Waals surface area contributed by atoms with Crippen molar-refractivity contribution in [1.82, 2.24) is 61.9 Å². The average Bonchev–Trinajstić information content (AvgIpc) is 3.63. The smallest absolute Gasteiger partial charge is 0.217 e. The summed E-state index contributed by atoms with van der Waals surface area (Å²) in [7, 11) is 0. The summed E-state index contributed by atoms with van der Waals surface area (Å²) in [6.07, 6.45) is 5.94. The Morgan fingerprint density at radius 2 is 1.49 bits per heavy atom. The first-order valence-corrected chi connectivity index (χ1v) is 11.3. The number of nitrogens with two attached hydrogens (primary N) is 1. The van der Waals surface area contributed by atoms with Crippen LogP contribution < -0.4 is 5.73 Å². The van der Waals surface area contributed by atoms with Crippen molar-refractivity contribution in [2.24, 2.45) is 5.73 Å². The Kier molecular flexibility index (Phi) is 6.79. The first-order valence-electron chi connectivity index (χ1n) is 11.3. The van der Waals surface area contributed by atoms with Gasteiger partial charge in [0, 0.05) is 6.42 Å². The van der Waals surface area contributed by atoms with Crippen molar-refractivity contribution in [3.8, 4) is 0 Å². The van der Waals surface area contributed by atoms with E-state index in [4.69, 9.17) is 5.73 Å². The van der Waals surface area contributed by atoms with Crippen molar-refractivity contribution < 1.29 is 14.4 Å². The Bertz CT molecular complexity index is 1150. The molecule has 1 atom stereocenters. The molecule has 3 heterocycles. The van der Waals surface area contributed by atoms with Crippen LogP contribution in [0.5, 0.6) is 0 Å².